The van der Waals surface area contributed by atoms with E-state index in [9.17, 15) is 0 Å². The highest BCUT2D eigenvalue weighted by Crippen LogP contribution is 1.81. The summed E-state index contributed by atoms with van der Waals surface area (Å²) in [6.45, 7) is 0.208. The lowest BCUT2D eigenvalue weighted by molar-refractivity contribution is -0.889. The molecule has 0 aromatic carbocycles. The van der Waals surface area contributed by atoms with Crippen LogP contribution in [0.2, 0.25) is 0 Å². The Morgan fingerprint density at radius 1 is 1.29 bits per heavy atom. The van der Waals surface area contributed by atoms with E-state index >= 15 is 0 Å². The van der Waals surface area contributed by atoms with Crippen molar-refractivity contribution in [3.63, 3.8) is 0 Å². The van der Waals surface area contributed by atoms with Crippen molar-refractivity contribution in [2.24, 2.45) is 0 Å². The normalized spacial score (nSPS) is 10.3. The highest BCUT2D eigenvalue weighted by atomic mass is 35.5. The fraction of sp³-hybridized carbons (Fsp3) is 1.00. The van der Waals surface area contributed by atoms with Gasteiger partial charge in [-0.25, -0.2) is 0 Å². The molecule has 0 saturated heterocycles. The van der Waals surface area contributed by atoms with Gasteiger partial charge in [-0.15, -0.1) is 0 Å². The van der Waals surface area contributed by atoms with Gasteiger partial charge in [0.15, 0.2) is 6.73 Å². The van der Waals surface area contributed by atoms with E-state index in [1.54, 1.807) is 0 Å². The Balaban J connectivity index is 0. The lowest BCUT2D eigenvalue weighted by atomic mass is 10.7. The van der Waals surface area contributed by atoms with Crippen LogP contribution in [-0.4, -0.2) is 37.5 Å². The van der Waals surface area contributed by atoms with Gasteiger partial charge in [-0.05, 0) is 0 Å². The lowest BCUT2D eigenvalue weighted by Crippen LogP contribution is -3.00. The van der Waals surface area contributed by atoms with Crippen molar-refractivity contribution in [1.82, 2.24) is 0 Å². The smallest absolute Gasteiger partial charge is 0.179 e. The predicted octanol–water partition coefficient (Wildman–Crippen LogP) is -3.35. The zero-order valence-corrected chi connectivity index (χ0v) is 5.74. The fourth-order valence-electron chi connectivity index (χ4n) is 0. The largest absolute Gasteiger partial charge is 1.00 e. The van der Waals surface area contributed by atoms with Crippen molar-refractivity contribution in [1.29, 1.82) is 0 Å². The number of hydrogen-bond acceptors (Lipinski definition) is 1. The van der Waals surface area contributed by atoms with Crippen LogP contribution in [0.4, 0.5) is 0 Å². The maximum Gasteiger partial charge on any atom is 0.179 e. The molecular weight excluding hydrogens is 114 g/mol. The van der Waals surface area contributed by atoms with E-state index in [4.69, 9.17) is 5.11 Å². The molecule has 3 heteroatoms. The minimum Gasteiger partial charge on any atom is -1.00 e. The van der Waals surface area contributed by atoms with Crippen molar-refractivity contribution in [3.8, 4) is 0 Å². The average molecular weight is 126 g/mol. The summed E-state index contributed by atoms with van der Waals surface area (Å²) in [5.74, 6) is 0. The molecule has 0 amide bonds. The summed E-state index contributed by atoms with van der Waals surface area (Å²) in [5.41, 5.74) is 0. The van der Waals surface area contributed by atoms with Crippen LogP contribution in [0.15, 0.2) is 0 Å². The van der Waals surface area contributed by atoms with Gasteiger partial charge in [-0.1, -0.05) is 0 Å². The van der Waals surface area contributed by atoms with Crippen molar-refractivity contribution < 1.29 is 22.0 Å². The molecule has 0 rings (SSSR count). The minimum absolute atomic E-state index is 0. The maximum atomic E-state index is 8.38. The Bertz CT molecular complexity index is 41.4. The summed E-state index contributed by atoms with van der Waals surface area (Å²) < 4.78 is 0.625. The molecule has 0 aliphatic rings. The molecule has 0 heterocycles. The van der Waals surface area contributed by atoms with Gasteiger partial charge in [0.2, 0.25) is 0 Å². The first-order valence-corrected chi connectivity index (χ1v) is 1.97. The second kappa shape index (κ2) is 3.24. The van der Waals surface area contributed by atoms with E-state index in [0.717, 1.165) is 0 Å². The van der Waals surface area contributed by atoms with Crippen LogP contribution >= 0.6 is 0 Å². The summed E-state index contributed by atoms with van der Waals surface area (Å²) in [4.78, 5) is 0. The third kappa shape index (κ3) is 10.7. The molecule has 0 aromatic rings. The first-order valence-electron chi connectivity index (χ1n) is 1.97. The Morgan fingerprint density at radius 3 is 1.43 bits per heavy atom. The highest BCUT2D eigenvalue weighted by molar-refractivity contribution is 3.94. The molecule has 7 heavy (non-hydrogen) atoms. The standard InChI is InChI=1S/C4H12NO.ClH/c1-5(2,3)4-6;/h6H,4H2,1-3H3;1H/q+1;/p-1. The van der Waals surface area contributed by atoms with E-state index in [1.165, 1.54) is 0 Å². The van der Waals surface area contributed by atoms with Crippen LogP contribution in [-0.2, 0) is 0 Å². The molecular formula is C4H12ClNO. The van der Waals surface area contributed by atoms with Gasteiger partial charge in [0, 0.05) is 0 Å². The number of halogens is 1. The maximum absolute atomic E-state index is 8.38. The van der Waals surface area contributed by atoms with Gasteiger partial charge in [-0.2, -0.15) is 0 Å². The number of nitrogens with zero attached hydrogens (tertiary/aromatic N) is 1. The fourth-order valence-corrected chi connectivity index (χ4v) is 0. The van der Waals surface area contributed by atoms with Crippen LogP contribution in [0.25, 0.3) is 0 Å². The monoisotopic (exact) mass is 125 g/mol. The van der Waals surface area contributed by atoms with E-state index in [1.807, 2.05) is 21.1 Å². The molecule has 0 spiro atoms. The number of rotatable bonds is 1. The molecule has 0 aliphatic heterocycles. The van der Waals surface area contributed by atoms with Crippen LogP contribution in [0.5, 0.6) is 0 Å². The van der Waals surface area contributed by atoms with Crippen LogP contribution < -0.4 is 12.4 Å². The van der Waals surface area contributed by atoms with Crippen molar-refractivity contribution >= 4 is 0 Å². The molecule has 0 saturated carbocycles. The van der Waals surface area contributed by atoms with Crippen LogP contribution in [0.3, 0.4) is 0 Å². The van der Waals surface area contributed by atoms with Gasteiger partial charge >= 0.3 is 0 Å². The second-order valence-electron chi connectivity index (χ2n) is 2.43. The summed E-state index contributed by atoms with van der Waals surface area (Å²) in [6, 6.07) is 0. The molecule has 2 nitrogen and oxygen atoms in total. The third-order valence-electron chi connectivity index (χ3n) is 0.424. The quantitative estimate of drug-likeness (QED) is 0.287. The van der Waals surface area contributed by atoms with Gasteiger partial charge in [0.1, 0.15) is 0 Å². The SMILES string of the molecule is C[N+](C)(C)CO.[Cl-]. The van der Waals surface area contributed by atoms with E-state index in [2.05, 4.69) is 0 Å². The van der Waals surface area contributed by atoms with Crippen molar-refractivity contribution in [3.05, 3.63) is 0 Å². The highest BCUT2D eigenvalue weighted by Gasteiger charge is 1.99. The Labute approximate surface area is 50.8 Å². The number of aliphatic hydroxyl groups is 1. The summed E-state index contributed by atoms with van der Waals surface area (Å²) in [5, 5.41) is 8.38. The zero-order valence-electron chi connectivity index (χ0n) is 4.98. The van der Waals surface area contributed by atoms with Gasteiger partial charge in [0.25, 0.3) is 0 Å². The first-order chi connectivity index (χ1) is 2.56. The molecule has 0 bridgehead atoms. The predicted molar refractivity (Wildman–Crippen MR) is 25.1 cm³/mol. The molecule has 1 N–H and O–H groups in total. The van der Waals surface area contributed by atoms with Gasteiger partial charge in [0.05, 0.1) is 21.1 Å². The second-order valence-corrected chi connectivity index (χ2v) is 2.43. The van der Waals surface area contributed by atoms with E-state index < -0.39 is 0 Å². The molecule has 0 aromatic heterocycles. The number of hydrogen-bond donors (Lipinski definition) is 1. The molecule has 46 valence electrons. The topological polar surface area (TPSA) is 20.2 Å². The number of quaternary nitrogens is 1. The molecule has 0 atom stereocenters. The zero-order chi connectivity index (χ0) is 5.21. The average Bonchev–Trinajstić information content (AvgIpc) is 1.35. The summed E-state index contributed by atoms with van der Waals surface area (Å²) >= 11 is 0. The van der Waals surface area contributed by atoms with Crippen molar-refractivity contribution in [2.75, 3.05) is 27.9 Å². The number of aliphatic hydroxyl groups excluding tert-OH is 1. The molecule has 0 radical (unpaired) electrons. The van der Waals surface area contributed by atoms with Crippen LogP contribution in [0.1, 0.15) is 0 Å². The Hall–Kier alpha value is 0.210. The summed E-state index contributed by atoms with van der Waals surface area (Å²) in [6.07, 6.45) is 0. The van der Waals surface area contributed by atoms with E-state index in [0.29, 0.717) is 4.48 Å². The van der Waals surface area contributed by atoms with Crippen molar-refractivity contribution in [2.45, 2.75) is 0 Å². The summed E-state index contributed by atoms with van der Waals surface area (Å²) in [7, 11) is 5.79. The third-order valence-corrected chi connectivity index (χ3v) is 0.424. The van der Waals surface area contributed by atoms with Gasteiger partial charge < -0.3 is 22.0 Å². The Morgan fingerprint density at radius 2 is 1.43 bits per heavy atom. The molecule has 0 fully saturated rings. The Kier molecular flexibility index (Phi) is 4.75. The van der Waals surface area contributed by atoms with Gasteiger partial charge in [-0.3, -0.25) is 0 Å². The molecule has 0 unspecified atom stereocenters. The van der Waals surface area contributed by atoms with Crippen LogP contribution in [0, 0.1) is 0 Å². The lowest BCUT2D eigenvalue weighted by Gasteiger charge is -2.19. The van der Waals surface area contributed by atoms with E-state index in [-0.39, 0.29) is 19.1 Å². The first kappa shape index (κ1) is 10.2. The molecule has 0 aliphatic carbocycles. The minimum atomic E-state index is 0.